The Hall–Kier alpha value is -2.15. The van der Waals surface area contributed by atoms with E-state index in [2.05, 4.69) is 14.9 Å². The lowest BCUT2D eigenvalue weighted by Gasteiger charge is -2.50. The molecule has 0 bridgehead atoms. The average molecular weight is 387 g/mol. The van der Waals surface area contributed by atoms with Gasteiger partial charge in [0, 0.05) is 25.2 Å². The first-order valence-corrected chi connectivity index (χ1v) is 10.3. The molecule has 1 aliphatic heterocycles. The molecule has 1 saturated heterocycles. The first-order chi connectivity index (χ1) is 13.5. The van der Waals surface area contributed by atoms with Gasteiger partial charge in [-0.15, -0.1) is 0 Å². The maximum atomic E-state index is 14.6. The number of aromatic amines is 1. The molecule has 28 heavy (non-hydrogen) atoms. The molecule has 1 aromatic carbocycles. The van der Waals surface area contributed by atoms with Crippen LogP contribution in [0, 0.1) is 11.2 Å². The number of nitrogens with one attached hydrogen (secondary N) is 1. The van der Waals surface area contributed by atoms with E-state index in [0.717, 1.165) is 64.5 Å². The summed E-state index contributed by atoms with van der Waals surface area (Å²) in [7, 11) is 0. The second-order valence-electron chi connectivity index (χ2n) is 8.76. The van der Waals surface area contributed by atoms with E-state index >= 15 is 0 Å². The van der Waals surface area contributed by atoms with Crippen molar-refractivity contribution in [1.82, 2.24) is 9.97 Å². The highest BCUT2D eigenvalue weighted by Crippen LogP contribution is 2.49. The number of aliphatic hydroxyl groups is 1. The number of aliphatic hydroxyl groups excluding tert-OH is 1. The van der Waals surface area contributed by atoms with E-state index in [1.165, 1.54) is 6.07 Å². The topological polar surface area (TPSA) is 78.5 Å². The number of rotatable bonds is 3. The number of fused-ring (bicyclic) bond motifs is 1. The third-order valence-electron chi connectivity index (χ3n) is 6.79. The lowest BCUT2D eigenvalue weighted by Crippen LogP contribution is -2.49. The van der Waals surface area contributed by atoms with Crippen LogP contribution in [0.5, 0.6) is 5.75 Å². The predicted molar refractivity (Wildman–Crippen MR) is 104 cm³/mol. The average Bonchev–Trinajstić information content (AvgIpc) is 3.13. The molecular formula is C21H26FN3O3. The number of benzene rings is 1. The van der Waals surface area contributed by atoms with Crippen molar-refractivity contribution in [2.75, 3.05) is 18.0 Å². The fourth-order valence-corrected chi connectivity index (χ4v) is 5.14. The number of anilines is 1. The van der Waals surface area contributed by atoms with Gasteiger partial charge in [0.25, 0.3) is 5.56 Å². The van der Waals surface area contributed by atoms with Gasteiger partial charge in [0.05, 0.1) is 17.7 Å². The fourth-order valence-electron chi connectivity index (χ4n) is 5.14. The number of H-pyrrole nitrogens is 1. The van der Waals surface area contributed by atoms with Crippen LogP contribution in [0.1, 0.15) is 51.4 Å². The van der Waals surface area contributed by atoms with Crippen LogP contribution >= 0.6 is 0 Å². The minimum atomic E-state index is -0.591. The van der Waals surface area contributed by atoms with Gasteiger partial charge < -0.3 is 14.7 Å². The van der Waals surface area contributed by atoms with Crippen LogP contribution in [-0.4, -0.2) is 40.4 Å². The molecule has 6 nitrogen and oxygen atoms in total. The van der Waals surface area contributed by atoms with E-state index in [4.69, 9.17) is 4.74 Å². The molecule has 2 aromatic rings. The summed E-state index contributed by atoms with van der Waals surface area (Å²) < 4.78 is 20.5. The zero-order chi connectivity index (χ0) is 19.3. The Morgan fingerprint density at radius 2 is 1.93 bits per heavy atom. The third-order valence-corrected chi connectivity index (χ3v) is 6.79. The van der Waals surface area contributed by atoms with E-state index in [1.807, 2.05) is 0 Å². The molecule has 5 rings (SSSR count). The molecule has 0 amide bonds. The van der Waals surface area contributed by atoms with Gasteiger partial charge in [-0.1, -0.05) is 0 Å². The normalized spacial score (nSPS) is 22.7. The highest BCUT2D eigenvalue weighted by molar-refractivity contribution is 5.81. The van der Waals surface area contributed by atoms with Crippen LogP contribution in [0.15, 0.2) is 16.9 Å². The van der Waals surface area contributed by atoms with E-state index < -0.39 is 11.4 Å². The molecule has 3 fully saturated rings. The number of hydrogen-bond donors (Lipinski definition) is 2. The van der Waals surface area contributed by atoms with Crippen LogP contribution in [0.3, 0.4) is 0 Å². The molecule has 0 unspecified atom stereocenters. The number of piperidine rings is 1. The molecule has 0 atom stereocenters. The molecule has 0 radical (unpaired) electrons. The monoisotopic (exact) mass is 387 g/mol. The first-order valence-electron chi connectivity index (χ1n) is 10.3. The largest absolute Gasteiger partial charge is 0.490 e. The number of halogens is 1. The van der Waals surface area contributed by atoms with E-state index in [1.54, 1.807) is 6.07 Å². The second-order valence-corrected chi connectivity index (χ2v) is 8.76. The summed E-state index contributed by atoms with van der Waals surface area (Å²) in [6, 6.07) is 2.98. The van der Waals surface area contributed by atoms with Gasteiger partial charge in [-0.25, -0.2) is 9.37 Å². The standard InChI is InChI=1S/C21H26FN3O3/c22-16-9-15(28-14-3-1-2-4-14)10-17-18(16)19(27)24-20(23-17)25-7-5-21(6-8-25)11-13(26)12-21/h9-10,13-14,26H,1-8,11-12H2,(H,23,24,27). The van der Waals surface area contributed by atoms with Gasteiger partial charge >= 0.3 is 0 Å². The van der Waals surface area contributed by atoms with Crippen LogP contribution in [0.25, 0.3) is 10.9 Å². The summed E-state index contributed by atoms with van der Waals surface area (Å²) in [5.74, 6) is 0.346. The van der Waals surface area contributed by atoms with Crippen molar-refractivity contribution in [3.05, 3.63) is 28.3 Å². The van der Waals surface area contributed by atoms with Gasteiger partial charge in [-0.2, -0.15) is 0 Å². The first kappa shape index (κ1) is 17.9. The SMILES string of the molecule is O=c1[nH]c(N2CCC3(CC2)CC(O)C3)nc2cc(OC3CCCC3)cc(F)c12. The van der Waals surface area contributed by atoms with Gasteiger partial charge in [-0.3, -0.25) is 9.78 Å². The van der Waals surface area contributed by atoms with E-state index in [9.17, 15) is 14.3 Å². The highest BCUT2D eigenvalue weighted by atomic mass is 19.1. The lowest BCUT2D eigenvalue weighted by molar-refractivity contribution is -0.0465. The Morgan fingerprint density at radius 1 is 1.21 bits per heavy atom. The number of aromatic nitrogens is 2. The van der Waals surface area contributed by atoms with Crippen molar-refractivity contribution in [1.29, 1.82) is 0 Å². The van der Waals surface area contributed by atoms with Crippen molar-refractivity contribution in [3.8, 4) is 5.75 Å². The zero-order valence-electron chi connectivity index (χ0n) is 15.9. The molecule has 2 saturated carbocycles. The molecule has 7 heteroatoms. The van der Waals surface area contributed by atoms with Crippen molar-refractivity contribution < 1.29 is 14.2 Å². The smallest absolute Gasteiger partial charge is 0.263 e. The molecular weight excluding hydrogens is 361 g/mol. The third kappa shape index (κ3) is 3.15. The predicted octanol–water partition coefficient (Wildman–Crippen LogP) is 3.12. The Balaban J connectivity index is 1.41. The Bertz CT molecular complexity index is 938. The van der Waals surface area contributed by atoms with E-state index in [-0.39, 0.29) is 23.0 Å². The van der Waals surface area contributed by atoms with Crippen molar-refractivity contribution in [2.24, 2.45) is 5.41 Å². The molecule has 1 spiro atoms. The Kier molecular flexibility index (Phi) is 4.30. The van der Waals surface area contributed by atoms with Crippen LogP contribution in [0.2, 0.25) is 0 Å². The molecule has 150 valence electrons. The van der Waals surface area contributed by atoms with Gasteiger partial charge in [0.2, 0.25) is 5.95 Å². The molecule has 2 N–H and O–H groups in total. The van der Waals surface area contributed by atoms with Crippen molar-refractivity contribution in [3.63, 3.8) is 0 Å². The summed E-state index contributed by atoms with van der Waals surface area (Å²) in [6.45, 7) is 1.56. The number of ether oxygens (including phenoxy) is 1. The summed E-state index contributed by atoms with van der Waals surface area (Å²) >= 11 is 0. The quantitative estimate of drug-likeness (QED) is 0.846. The minimum Gasteiger partial charge on any atom is -0.490 e. The van der Waals surface area contributed by atoms with Crippen LogP contribution in [-0.2, 0) is 0 Å². The Labute approximate surface area is 162 Å². The van der Waals surface area contributed by atoms with Crippen molar-refractivity contribution >= 4 is 16.9 Å². The van der Waals surface area contributed by atoms with Gasteiger partial charge in [0.15, 0.2) is 0 Å². The Morgan fingerprint density at radius 3 is 2.61 bits per heavy atom. The molecule has 3 aliphatic rings. The maximum Gasteiger partial charge on any atom is 0.263 e. The molecule has 2 aliphatic carbocycles. The highest BCUT2D eigenvalue weighted by Gasteiger charge is 2.45. The summed E-state index contributed by atoms with van der Waals surface area (Å²) in [5, 5.41) is 9.62. The minimum absolute atomic E-state index is 0.0156. The molecule has 1 aromatic heterocycles. The van der Waals surface area contributed by atoms with Crippen molar-refractivity contribution in [2.45, 2.75) is 63.6 Å². The van der Waals surface area contributed by atoms with Gasteiger partial charge in [0.1, 0.15) is 17.0 Å². The van der Waals surface area contributed by atoms with Crippen LogP contribution in [0.4, 0.5) is 10.3 Å². The summed E-state index contributed by atoms with van der Waals surface area (Å²) in [5.41, 5.74) is 0.136. The fraction of sp³-hybridized carbons (Fsp3) is 0.619. The second kappa shape index (κ2) is 6.72. The summed E-state index contributed by atoms with van der Waals surface area (Å²) in [6.07, 6.45) is 7.89. The van der Waals surface area contributed by atoms with Gasteiger partial charge in [-0.05, 0) is 56.8 Å². The zero-order valence-corrected chi connectivity index (χ0v) is 15.9. The van der Waals surface area contributed by atoms with E-state index in [0.29, 0.717) is 17.2 Å². The maximum absolute atomic E-state index is 14.6. The summed E-state index contributed by atoms with van der Waals surface area (Å²) in [4.78, 5) is 21.9. The van der Waals surface area contributed by atoms with Crippen LogP contribution < -0.4 is 15.2 Å². The number of nitrogens with zero attached hydrogens (tertiary/aromatic N) is 2. The molecule has 2 heterocycles. The number of hydrogen-bond acceptors (Lipinski definition) is 5. The lowest BCUT2D eigenvalue weighted by atomic mass is 9.61.